The first-order chi connectivity index (χ1) is 13.7. The number of para-hydroxylation sites is 1. The highest BCUT2D eigenvalue weighted by Crippen LogP contribution is 2.32. The predicted octanol–water partition coefficient (Wildman–Crippen LogP) is 4.99. The minimum Gasteiger partial charge on any atom is -0.496 e. The number of pyridine rings is 1. The number of nitrogens with two attached hydrogens (primary N) is 1. The Morgan fingerprint density at radius 3 is 2.64 bits per heavy atom. The lowest BCUT2D eigenvalue weighted by Crippen LogP contribution is -2.02. The van der Waals surface area contributed by atoms with Gasteiger partial charge in [0.1, 0.15) is 11.5 Å². The normalized spacial score (nSPS) is 10.9. The zero-order valence-electron chi connectivity index (χ0n) is 16.0. The highest BCUT2D eigenvalue weighted by atomic mass is 16.5. The summed E-state index contributed by atoms with van der Waals surface area (Å²) in [5, 5.41) is 5.28. The molecule has 0 aliphatic heterocycles. The van der Waals surface area contributed by atoms with Crippen molar-refractivity contribution in [3.05, 3.63) is 66.2 Å². The van der Waals surface area contributed by atoms with E-state index in [4.69, 9.17) is 20.2 Å². The SMILES string of the molecule is CCOc1ccc2nc3cc(NCc4ccccc4OC)ccc3c(N)c2c1. The van der Waals surface area contributed by atoms with Crippen LogP contribution >= 0.6 is 0 Å². The van der Waals surface area contributed by atoms with E-state index in [1.807, 2.05) is 67.6 Å². The van der Waals surface area contributed by atoms with E-state index >= 15 is 0 Å². The molecule has 0 radical (unpaired) electrons. The lowest BCUT2D eigenvalue weighted by molar-refractivity contribution is 0.341. The Morgan fingerprint density at radius 2 is 1.82 bits per heavy atom. The molecule has 28 heavy (non-hydrogen) atoms. The Bertz CT molecular complexity index is 1140. The van der Waals surface area contributed by atoms with Gasteiger partial charge in [0.05, 0.1) is 30.4 Å². The fourth-order valence-corrected chi connectivity index (χ4v) is 3.37. The van der Waals surface area contributed by atoms with Gasteiger partial charge in [-0.05, 0) is 49.4 Å². The van der Waals surface area contributed by atoms with Crippen LogP contribution < -0.4 is 20.5 Å². The molecule has 1 aromatic heterocycles. The molecule has 0 unspecified atom stereocenters. The molecule has 5 nitrogen and oxygen atoms in total. The van der Waals surface area contributed by atoms with E-state index in [1.165, 1.54) is 0 Å². The maximum absolute atomic E-state index is 6.44. The maximum atomic E-state index is 6.44. The Balaban J connectivity index is 1.67. The topological polar surface area (TPSA) is 69.4 Å². The number of hydrogen-bond donors (Lipinski definition) is 2. The van der Waals surface area contributed by atoms with Crippen molar-refractivity contribution >= 4 is 33.2 Å². The second-order valence-electron chi connectivity index (χ2n) is 6.53. The second kappa shape index (κ2) is 7.64. The molecule has 0 amide bonds. The van der Waals surface area contributed by atoms with Crippen LogP contribution in [-0.4, -0.2) is 18.7 Å². The van der Waals surface area contributed by atoms with Crippen molar-refractivity contribution in [2.24, 2.45) is 0 Å². The number of hydrogen-bond acceptors (Lipinski definition) is 5. The van der Waals surface area contributed by atoms with Crippen LogP contribution in [-0.2, 0) is 6.54 Å². The lowest BCUT2D eigenvalue weighted by atomic mass is 10.1. The van der Waals surface area contributed by atoms with E-state index < -0.39 is 0 Å². The van der Waals surface area contributed by atoms with Crippen LogP contribution in [0.2, 0.25) is 0 Å². The third-order valence-electron chi connectivity index (χ3n) is 4.77. The van der Waals surface area contributed by atoms with Crippen LogP contribution in [0.15, 0.2) is 60.7 Å². The number of fused-ring (bicyclic) bond motifs is 2. The minimum absolute atomic E-state index is 0.619. The highest BCUT2D eigenvalue weighted by Gasteiger charge is 2.09. The van der Waals surface area contributed by atoms with Crippen molar-refractivity contribution in [2.45, 2.75) is 13.5 Å². The number of nitrogens with one attached hydrogen (secondary N) is 1. The van der Waals surface area contributed by atoms with Gasteiger partial charge in [-0.3, -0.25) is 0 Å². The molecule has 3 N–H and O–H groups in total. The molecule has 0 aliphatic rings. The van der Waals surface area contributed by atoms with Gasteiger partial charge in [0.25, 0.3) is 0 Å². The maximum Gasteiger partial charge on any atom is 0.123 e. The van der Waals surface area contributed by atoms with E-state index in [1.54, 1.807) is 7.11 Å². The molecule has 142 valence electrons. The Morgan fingerprint density at radius 1 is 0.964 bits per heavy atom. The standard InChI is InChI=1S/C23H23N3O2/c1-3-28-17-9-11-20-19(13-17)23(24)18-10-8-16(12-21(18)26-20)25-14-15-6-4-5-7-22(15)27-2/h4-13,25H,3,14H2,1-2H3,(H2,24,26). The largest absolute Gasteiger partial charge is 0.496 e. The third-order valence-corrected chi connectivity index (χ3v) is 4.77. The minimum atomic E-state index is 0.619. The summed E-state index contributed by atoms with van der Waals surface area (Å²) in [6.07, 6.45) is 0. The van der Waals surface area contributed by atoms with Gasteiger partial charge in [-0.15, -0.1) is 0 Å². The molecular weight excluding hydrogens is 350 g/mol. The predicted molar refractivity (Wildman–Crippen MR) is 115 cm³/mol. The van der Waals surface area contributed by atoms with E-state index in [2.05, 4.69) is 5.32 Å². The van der Waals surface area contributed by atoms with Crippen LogP contribution in [0.25, 0.3) is 21.8 Å². The number of nitrogens with zero attached hydrogens (tertiary/aromatic N) is 1. The van der Waals surface area contributed by atoms with Crippen molar-refractivity contribution in [1.29, 1.82) is 0 Å². The molecule has 3 aromatic carbocycles. The molecule has 0 spiro atoms. The number of methoxy groups -OCH3 is 1. The molecule has 0 atom stereocenters. The van der Waals surface area contributed by atoms with Crippen LogP contribution in [0.5, 0.6) is 11.5 Å². The molecule has 5 heteroatoms. The van der Waals surface area contributed by atoms with Gasteiger partial charge in [-0.25, -0.2) is 4.98 Å². The summed E-state index contributed by atoms with van der Waals surface area (Å²) in [5.41, 5.74) is 11.0. The van der Waals surface area contributed by atoms with Crippen LogP contribution in [0.4, 0.5) is 11.4 Å². The fourth-order valence-electron chi connectivity index (χ4n) is 3.37. The number of rotatable bonds is 6. The molecule has 1 heterocycles. The number of aromatic nitrogens is 1. The monoisotopic (exact) mass is 373 g/mol. The second-order valence-corrected chi connectivity index (χ2v) is 6.53. The zero-order chi connectivity index (χ0) is 19.5. The van der Waals surface area contributed by atoms with Crippen LogP contribution in [0.3, 0.4) is 0 Å². The summed E-state index contributed by atoms with van der Waals surface area (Å²) < 4.78 is 11.0. The third kappa shape index (κ3) is 3.39. The van der Waals surface area contributed by atoms with E-state index in [-0.39, 0.29) is 0 Å². The number of nitrogen functional groups attached to an aromatic ring is 1. The molecule has 0 saturated carbocycles. The fraction of sp³-hybridized carbons (Fsp3) is 0.174. The van der Waals surface area contributed by atoms with Crippen LogP contribution in [0, 0.1) is 0 Å². The van der Waals surface area contributed by atoms with Crippen molar-refractivity contribution in [1.82, 2.24) is 4.98 Å². The van der Waals surface area contributed by atoms with Gasteiger partial charge < -0.3 is 20.5 Å². The number of ether oxygens (including phenoxy) is 2. The molecule has 4 rings (SSSR count). The number of benzene rings is 3. The highest BCUT2D eigenvalue weighted by molar-refractivity contribution is 6.07. The summed E-state index contributed by atoms with van der Waals surface area (Å²) in [7, 11) is 1.68. The molecule has 0 saturated heterocycles. The van der Waals surface area contributed by atoms with Crippen molar-refractivity contribution in [2.75, 3.05) is 24.8 Å². The average molecular weight is 373 g/mol. The zero-order valence-corrected chi connectivity index (χ0v) is 16.0. The van der Waals surface area contributed by atoms with Crippen molar-refractivity contribution in [3.8, 4) is 11.5 Å². The first-order valence-corrected chi connectivity index (χ1v) is 9.31. The molecular formula is C23H23N3O2. The van der Waals surface area contributed by atoms with E-state index in [0.717, 1.165) is 50.2 Å². The van der Waals surface area contributed by atoms with Gasteiger partial charge >= 0.3 is 0 Å². The Kier molecular flexibility index (Phi) is 4.89. The molecule has 0 fully saturated rings. The summed E-state index contributed by atoms with van der Waals surface area (Å²) in [6, 6.07) is 19.9. The van der Waals surface area contributed by atoms with E-state index in [0.29, 0.717) is 13.2 Å². The van der Waals surface area contributed by atoms with Gasteiger partial charge in [-0.2, -0.15) is 0 Å². The van der Waals surface area contributed by atoms with Crippen molar-refractivity contribution in [3.63, 3.8) is 0 Å². The van der Waals surface area contributed by atoms with Gasteiger partial charge in [0, 0.05) is 28.6 Å². The Hall–Kier alpha value is -3.47. The smallest absolute Gasteiger partial charge is 0.123 e. The summed E-state index contributed by atoms with van der Waals surface area (Å²) >= 11 is 0. The van der Waals surface area contributed by atoms with Crippen molar-refractivity contribution < 1.29 is 9.47 Å². The first-order valence-electron chi connectivity index (χ1n) is 9.31. The number of anilines is 2. The molecule has 4 aromatic rings. The van der Waals surface area contributed by atoms with E-state index in [9.17, 15) is 0 Å². The van der Waals surface area contributed by atoms with Gasteiger partial charge in [0.15, 0.2) is 0 Å². The van der Waals surface area contributed by atoms with Gasteiger partial charge in [0.2, 0.25) is 0 Å². The quantitative estimate of drug-likeness (QED) is 0.466. The summed E-state index contributed by atoms with van der Waals surface area (Å²) in [6.45, 7) is 3.25. The summed E-state index contributed by atoms with van der Waals surface area (Å²) in [4.78, 5) is 4.79. The van der Waals surface area contributed by atoms with Gasteiger partial charge in [-0.1, -0.05) is 18.2 Å². The summed E-state index contributed by atoms with van der Waals surface area (Å²) in [5.74, 6) is 1.67. The molecule has 0 bridgehead atoms. The Labute approximate surface area is 164 Å². The van der Waals surface area contributed by atoms with Crippen LogP contribution in [0.1, 0.15) is 12.5 Å². The lowest BCUT2D eigenvalue weighted by Gasteiger charge is -2.12. The average Bonchev–Trinajstić information content (AvgIpc) is 2.73. The molecule has 0 aliphatic carbocycles. The first kappa shape index (κ1) is 17.9.